The Bertz CT molecular complexity index is 705. The van der Waals surface area contributed by atoms with Crippen LogP contribution in [0.2, 0.25) is 0 Å². The summed E-state index contributed by atoms with van der Waals surface area (Å²) in [7, 11) is -3.01. The van der Waals surface area contributed by atoms with E-state index >= 15 is 0 Å². The molecule has 0 bridgehead atoms. The van der Waals surface area contributed by atoms with Crippen LogP contribution in [0.15, 0.2) is 16.6 Å². The van der Waals surface area contributed by atoms with Crippen molar-refractivity contribution in [2.45, 2.75) is 32.7 Å². The average molecular weight is 420 g/mol. The highest BCUT2D eigenvalue weighted by Gasteiger charge is 2.29. The highest BCUT2D eigenvalue weighted by Crippen LogP contribution is 2.34. The second-order valence-electron chi connectivity index (χ2n) is 5.60. The van der Waals surface area contributed by atoms with Crippen molar-refractivity contribution in [3.05, 3.63) is 22.2 Å². The highest BCUT2D eigenvalue weighted by atomic mass is 79.9. The van der Waals surface area contributed by atoms with Crippen molar-refractivity contribution in [3.8, 4) is 11.5 Å². The predicted octanol–water partition coefficient (Wildman–Crippen LogP) is 2.09. The van der Waals surface area contributed by atoms with Crippen LogP contribution in [0, 0.1) is 0 Å². The van der Waals surface area contributed by atoms with Gasteiger partial charge in [0.2, 0.25) is 5.91 Å². The van der Waals surface area contributed by atoms with E-state index < -0.39 is 9.84 Å². The molecule has 0 saturated carbocycles. The van der Waals surface area contributed by atoms with E-state index in [1.807, 2.05) is 13.8 Å². The maximum Gasteiger partial charge on any atom is 0.224 e. The smallest absolute Gasteiger partial charge is 0.224 e. The summed E-state index contributed by atoms with van der Waals surface area (Å²) < 4.78 is 34.8. The molecular weight excluding hydrogens is 398 g/mol. The molecule has 6 nitrogen and oxygen atoms in total. The molecule has 1 aromatic carbocycles. The molecule has 1 aromatic rings. The lowest BCUT2D eigenvalue weighted by Crippen LogP contribution is -2.36. The molecular formula is C16H22BrNO5S. The first-order valence-electron chi connectivity index (χ1n) is 7.92. The number of rotatable bonds is 7. The molecule has 8 heteroatoms. The van der Waals surface area contributed by atoms with Crippen LogP contribution in [0.4, 0.5) is 0 Å². The van der Waals surface area contributed by atoms with E-state index in [1.165, 1.54) is 0 Å². The second kappa shape index (κ2) is 8.20. The first-order valence-corrected chi connectivity index (χ1v) is 10.5. The number of sulfone groups is 1. The SMILES string of the molecule is CCOc1cc(Br)c(CC(=O)N[C@H]2CCS(=O)(=O)C2)cc1OCC. The van der Waals surface area contributed by atoms with Gasteiger partial charge in [-0.15, -0.1) is 0 Å². The Labute approximate surface area is 151 Å². The molecule has 1 N–H and O–H groups in total. The molecule has 0 unspecified atom stereocenters. The number of amides is 1. The fraction of sp³-hybridized carbons (Fsp3) is 0.562. The van der Waals surface area contributed by atoms with E-state index in [0.29, 0.717) is 31.1 Å². The lowest BCUT2D eigenvalue weighted by Gasteiger charge is -2.15. The Kier molecular flexibility index (Phi) is 6.51. The third-order valence-corrected chi connectivity index (χ3v) is 6.17. The van der Waals surface area contributed by atoms with Gasteiger partial charge < -0.3 is 14.8 Å². The van der Waals surface area contributed by atoms with Gasteiger partial charge in [0, 0.05) is 10.5 Å². The minimum Gasteiger partial charge on any atom is -0.490 e. The minimum atomic E-state index is -3.01. The van der Waals surface area contributed by atoms with E-state index in [-0.39, 0.29) is 29.9 Å². The summed E-state index contributed by atoms with van der Waals surface area (Å²) in [6.07, 6.45) is 0.617. The molecule has 1 aliphatic heterocycles. The van der Waals surface area contributed by atoms with E-state index in [0.717, 1.165) is 10.0 Å². The Hall–Kier alpha value is -1.28. The lowest BCUT2D eigenvalue weighted by molar-refractivity contribution is -0.121. The van der Waals surface area contributed by atoms with Gasteiger partial charge in [-0.1, -0.05) is 15.9 Å². The number of benzene rings is 1. The molecule has 0 aliphatic carbocycles. The maximum atomic E-state index is 12.2. The molecule has 1 heterocycles. The van der Waals surface area contributed by atoms with Crippen molar-refractivity contribution in [3.63, 3.8) is 0 Å². The summed E-state index contributed by atoms with van der Waals surface area (Å²) in [5.41, 5.74) is 0.764. The van der Waals surface area contributed by atoms with E-state index in [9.17, 15) is 13.2 Å². The summed E-state index contributed by atoms with van der Waals surface area (Å²) in [6.45, 7) is 4.78. The quantitative estimate of drug-likeness (QED) is 0.731. The summed E-state index contributed by atoms with van der Waals surface area (Å²) in [6, 6.07) is 3.27. The summed E-state index contributed by atoms with van der Waals surface area (Å²) in [5.74, 6) is 1.17. The lowest BCUT2D eigenvalue weighted by atomic mass is 10.1. The third kappa shape index (κ3) is 5.11. The number of hydrogen-bond donors (Lipinski definition) is 1. The van der Waals surface area contributed by atoms with Crippen molar-refractivity contribution in [1.82, 2.24) is 5.32 Å². The van der Waals surface area contributed by atoms with Crippen molar-refractivity contribution >= 4 is 31.7 Å². The number of ether oxygens (including phenoxy) is 2. The van der Waals surface area contributed by atoms with E-state index in [1.54, 1.807) is 12.1 Å². The molecule has 134 valence electrons. The number of nitrogens with one attached hydrogen (secondary N) is 1. The van der Waals surface area contributed by atoms with Gasteiger partial charge in [-0.3, -0.25) is 4.79 Å². The van der Waals surface area contributed by atoms with Crippen LogP contribution >= 0.6 is 15.9 Å². The van der Waals surface area contributed by atoms with Crippen LogP contribution in [0.25, 0.3) is 0 Å². The van der Waals surface area contributed by atoms with Gasteiger partial charge in [-0.25, -0.2) is 8.42 Å². The van der Waals surface area contributed by atoms with Crippen LogP contribution in [-0.4, -0.2) is 45.1 Å². The largest absolute Gasteiger partial charge is 0.490 e. The first kappa shape index (κ1) is 19.1. The van der Waals surface area contributed by atoms with Gasteiger partial charge in [-0.05, 0) is 38.0 Å². The molecule has 0 aromatic heterocycles. The Morgan fingerprint density at radius 2 is 1.88 bits per heavy atom. The van der Waals surface area contributed by atoms with Gasteiger partial charge in [0.15, 0.2) is 21.3 Å². The van der Waals surface area contributed by atoms with Gasteiger partial charge in [0.25, 0.3) is 0 Å². The molecule has 0 spiro atoms. The van der Waals surface area contributed by atoms with E-state index in [2.05, 4.69) is 21.2 Å². The molecule has 24 heavy (non-hydrogen) atoms. The van der Waals surface area contributed by atoms with Gasteiger partial charge in [0.05, 0.1) is 31.1 Å². The Morgan fingerprint density at radius 3 is 2.42 bits per heavy atom. The standard InChI is InChI=1S/C16H22BrNO5S/c1-3-22-14-7-11(13(17)9-15(14)23-4-2)8-16(19)18-12-5-6-24(20,21)10-12/h7,9,12H,3-6,8,10H2,1-2H3,(H,18,19)/t12-/m0/s1. The monoisotopic (exact) mass is 419 g/mol. The van der Waals surface area contributed by atoms with Gasteiger partial charge in [0.1, 0.15) is 0 Å². The number of halogens is 1. The molecule has 0 radical (unpaired) electrons. The number of hydrogen-bond acceptors (Lipinski definition) is 5. The van der Waals surface area contributed by atoms with Crippen LogP contribution < -0.4 is 14.8 Å². The Morgan fingerprint density at radius 1 is 1.25 bits per heavy atom. The molecule has 1 saturated heterocycles. The molecule has 1 fully saturated rings. The normalized spacial score (nSPS) is 19.0. The zero-order valence-corrected chi connectivity index (χ0v) is 16.2. The molecule has 2 rings (SSSR count). The van der Waals surface area contributed by atoms with Crippen LogP contribution in [0.5, 0.6) is 11.5 Å². The molecule has 1 aliphatic rings. The zero-order chi connectivity index (χ0) is 17.7. The zero-order valence-electron chi connectivity index (χ0n) is 13.8. The summed E-state index contributed by atoms with van der Waals surface area (Å²) in [4.78, 5) is 12.2. The van der Waals surface area contributed by atoms with Crippen molar-refractivity contribution in [2.75, 3.05) is 24.7 Å². The maximum absolute atomic E-state index is 12.2. The topological polar surface area (TPSA) is 81.7 Å². The third-order valence-electron chi connectivity index (χ3n) is 3.66. The first-order chi connectivity index (χ1) is 11.3. The number of carbonyl (C=O) groups is 1. The van der Waals surface area contributed by atoms with Crippen LogP contribution in [-0.2, 0) is 21.1 Å². The summed E-state index contributed by atoms with van der Waals surface area (Å²) >= 11 is 3.45. The van der Waals surface area contributed by atoms with Crippen LogP contribution in [0.1, 0.15) is 25.8 Å². The molecule has 1 atom stereocenters. The van der Waals surface area contributed by atoms with E-state index in [4.69, 9.17) is 9.47 Å². The fourth-order valence-corrected chi connectivity index (χ4v) is 4.75. The summed E-state index contributed by atoms with van der Waals surface area (Å²) in [5, 5.41) is 2.79. The molecule has 1 amide bonds. The fourth-order valence-electron chi connectivity index (χ4n) is 2.61. The Balaban J connectivity index is 2.08. The van der Waals surface area contributed by atoms with Gasteiger partial charge >= 0.3 is 0 Å². The van der Waals surface area contributed by atoms with Crippen molar-refractivity contribution in [2.24, 2.45) is 0 Å². The predicted molar refractivity (Wildman–Crippen MR) is 95.4 cm³/mol. The van der Waals surface area contributed by atoms with Crippen LogP contribution in [0.3, 0.4) is 0 Å². The minimum absolute atomic E-state index is 0.0212. The highest BCUT2D eigenvalue weighted by molar-refractivity contribution is 9.10. The average Bonchev–Trinajstić information content (AvgIpc) is 2.83. The van der Waals surface area contributed by atoms with Crippen molar-refractivity contribution in [1.29, 1.82) is 0 Å². The second-order valence-corrected chi connectivity index (χ2v) is 8.68. The van der Waals surface area contributed by atoms with Gasteiger partial charge in [-0.2, -0.15) is 0 Å². The van der Waals surface area contributed by atoms with Crippen molar-refractivity contribution < 1.29 is 22.7 Å². The number of carbonyl (C=O) groups excluding carboxylic acids is 1.